The van der Waals surface area contributed by atoms with E-state index in [0.717, 1.165) is 22.3 Å². The van der Waals surface area contributed by atoms with Crippen molar-refractivity contribution in [2.24, 2.45) is 0 Å². The first-order valence-electron chi connectivity index (χ1n) is 7.03. The summed E-state index contributed by atoms with van der Waals surface area (Å²) in [6.07, 6.45) is 0. The zero-order chi connectivity index (χ0) is 17.7. The van der Waals surface area contributed by atoms with Crippen molar-refractivity contribution in [2.75, 3.05) is 18.5 Å². The molecule has 0 radical (unpaired) electrons. The first kappa shape index (κ1) is 18.0. The van der Waals surface area contributed by atoms with Crippen molar-refractivity contribution in [3.05, 3.63) is 40.9 Å². The quantitative estimate of drug-likeness (QED) is 0.831. The molecular formula is C15H16F2N4O2S. The van der Waals surface area contributed by atoms with Gasteiger partial charge in [0.2, 0.25) is 11.8 Å². The van der Waals surface area contributed by atoms with Crippen LogP contribution >= 0.6 is 11.3 Å². The van der Waals surface area contributed by atoms with Crippen LogP contribution in [0.1, 0.15) is 12.6 Å². The number of nitrogens with one attached hydrogen (secondary N) is 2. The van der Waals surface area contributed by atoms with E-state index < -0.39 is 17.5 Å². The minimum Gasteiger partial charge on any atom is -0.358 e. The van der Waals surface area contributed by atoms with Crippen molar-refractivity contribution in [2.45, 2.75) is 13.5 Å². The summed E-state index contributed by atoms with van der Waals surface area (Å²) in [5.74, 6) is -2.18. The lowest BCUT2D eigenvalue weighted by molar-refractivity contribution is -0.119. The number of nitrogens with zero attached hydrogens (tertiary/aromatic N) is 2. The van der Waals surface area contributed by atoms with E-state index in [2.05, 4.69) is 15.6 Å². The van der Waals surface area contributed by atoms with E-state index in [1.54, 1.807) is 5.38 Å². The summed E-state index contributed by atoms with van der Waals surface area (Å²) in [4.78, 5) is 28.4. The van der Waals surface area contributed by atoms with Gasteiger partial charge < -0.3 is 10.6 Å². The second-order valence-corrected chi connectivity index (χ2v) is 5.68. The summed E-state index contributed by atoms with van der Waals surface area (Å²) in [6.45, 7) is 1.72. The van der Waals surface area contributed by atoms with Crippen molar-refractivity contribution < 1.29 is 18.4 Å². The van der Waals surface area contributed by atoms with Gasteiger partial charge in [0.15, 0.2) is 5.13 Å². The van der Waals surface area contributed by atoms with E-state index in [0.29, 0.717) is 18.3 Å². The average molecular weight is 354 g/mol. The Kier molecular flexibility index (Phi) is 5.93. The lowest BCUT2D eigenvalue weighted by Gasteiger charge is -2.18. The summed E-state index contributed by atoms with van der Waals surface area (Å²) in [5.41, 5.74) is 0.538. The molecule has 0 bridgehead atoms. The van der Waals surface area contributed by atoms with E-state index in [-0.39, 0.29) is 23.3 Å². The molecule has 0 fully saturated rings. The van der Waals surface area contributed by atoms with Gasteiger partial charge in [0, 0.05) is 32.0 Å². The number of aromatic nitrogens is 1. The lowest BCUT2D eigenvalue weighted by atomic mass is 10.2. The average Bonchev–Trinajstić information content (AvgIpc) is 2.97. The van der Waals surface area contributed by atoms with E-state index in [1.807, 2.05) is 0 Å². The standard InChI is InChI=1S/C15H16F2N4O2S/c1-9(22)21(13-4-3-10(16)5-12(13)17)15-20-11(8-24-15)6-19-7-14(23)18-2/h3-5,8,19H,6-7H2,1-2H3,(H,18,23). The van der Waals surface area contributed by atoms with Gasteiger partial charge in [-0.05, 0) is 12.1 Å². The fraction of sp³-hybridized carbons (Fsp3) is 0.267. The van der Waals surface area contributed by atoms with Crippen LogP contribution in [0.2, 0.25) is 0 Å². The smallest absolute Gasteiger partial charge is 0.233 e. The van der Waals surface area contributed by atoms with Gasteiger partial charge in [-0.3, -0.25) is 14.5 Å². The van der Waals surface area contributed by atoms with Crippen LogP contribution in [0.4, 0.5) is 19.6 Å². The lowest BCUT2D eigenvalue weighted by Crippen LogP contribution is -2.31. The highest BCUT2D eigenvalue weighted by Gasteiger charge is 2.21. The van der Waals surface area contributed by atoms with Crippen molar-refractivity contribution in [3.63, 3.8) is 0 Å². The van der Waals surface area contributed by atoms with E-state index >= 15 is 0 Å². The number of carbonyl (C=O) groups excluding carboxylic acids is 2. The predicted molar refractivity (Wildman–Crippen MR) is 87.1 cm³/mol. The van der Waals surface area contributed by atoms with Gasteiger partial charge in [-0.25, -0.2) is 13.8 Å². The Morgan fingerprint density at radius 3 is 2.71 bits per heavy atom. The molecule has 9 heteroatoms. The maximum Gasteiger partial charge on any atom is 0.233 e. The monoisotopic (exact) mass is 354 g/mol. The highest BCUT2D eigenvalue weighted by molar-refractivity contribution is 7.14. The van der Waals surface area contributed by atoms with Gasteiger partial charge in [-0.1, -0.05) is 0 Å². The Balaban J connectivity index is 2.18. The molecule has 0 aliphatic rings. The first-order valence-corrected chi connectivity index (χ1v) is 7.91. The number of rotatable bonds is 6. The van der Waals surface area contributed by atoms with Crippen LogP contribution in [-0.2, 0) is 16.1 Å². The molecule has 24 heavy (non-hydrogen) atoms. The maximum atomic E-state index is 14.0. The van der Waals surface area contributed by atoms with Gasteiger partial charge in [0.25, 0.3) is 0 Å². The molecule has 0 saturated carbocycles. The van der Waals surface area contributed by atoms with Crippen molar-refractivity contribution in [3.8, 4) is 0 Å². The third-order valence-electron chi connectivity index (χ3n) is 3.07. The molecule has 6 nitrogen and oxygen atoms in total. The normalized spacial score (nSPS) is 10.5. The minimum atomic E-state index is -0.848. The van der Waals surface area contributed by atoms with Crippen LogP contribution in [0.25, 0.3) is 0 Å². The molecule has 1 aromatic carbocycles. The fourth-order valence-electron chi connectivity index (χ4n) is 1.94. The van der Waals surface area contributed by atoms with E-state index in [1.165, 1.54) is 20.0 Å². The van der Waals surface area contributed by atoms with Crippen molar-refractivity contribution >= 4 is 34.0 Å². The van der Waals surface area contributed by atoms with E-state index in [9.17, 15) is 18.4 Å². The Morgan fingerprint density at radius 1 is 1.33 bits per heavy atom. The molecule has 1 heterocycles. The summed E-state index contributed by atoms with van der Waals surface area (Å²) in [5, 5.41) is 7.34. The fourth-order valence-corrected chi connectivity index (χ4v) is 2.82. The van der Waals surface area contributed by atoms with Gasteiger partial charge in [-0.2, -0.15) is 0 Å². The van der Waals surface area contributed by atoms with Crippen LogP contribution in [0.5, 0.6) is 0 Å². The third-order valence-corrected chi connectivity index (χ3v) is 3.94. The summed E-state index contributed by atoms with van der Waals surface area (Å²) < 4.78 is 27.0. The molecule has 0 aliphatic heterocycles. The molecule has 0 aliphatic carbocycles. The maximum absolute atomic E-state index is 14.0. The number of amides is 2. The summed E-state index contributed by atoms with van der Waals surface area (Å²) >= 11 is 1.15. The minimum absolute atomic E-state index is 0.0666. The van der Waals surface area contributed by atoms with Crippen LogP contribution in [0.3, 0.4) is 0 Å². The number of carbonyl (C=O) groups is 2. The molecule has 2 amide bonds. The summed E-state index contributed by atoms with van der Waals surface area (Å²) in [7, 11) is 1.53. The molecule has 2 rings (SSSR count). The van der Waals surface area contributed by atoms with E-state index in [4.69, 9.17) is 0 Å². The molecule has 0 atom stereocenters. The number of likely N-dealkylation sites (N-methyl/N-ethyl adjacent to an activating group) is 1. The zero-order valence-electron chi connectivity index (χ0n) is 13.1. The zero-order valence-corrected chi connectivity index (χ0v) is 13.9. The highest BCUT2D eigenvalue weighted by atomic mass is 32.1. The third kappa shape index (κ3) is 4.33. The second kappa shape index (κ2) is 7.93. The number of benzene rings is 1. The first-order chi connectivity index (χ1) is 11.4. The molecule has 2 N–H and O–H groups in total. The highest BCUT2D eigenvalue weighted by Crippen LogP contribution is 2.31. The van der Waals surface area contributed by atoms with Crippen LogP contribution in [0.15, 0.2) is 23.6 Å². The molecule has 128 valence electrons. The number of anilines is 2. The SMILES string of the molecule is CNC(=O)CNCc1csc(N(C(C)=O)c2ccc(F)cc2F)n1. The van der Waals surface area contributed by atoms with Crippen molar-refractivity contribution in [1.82, 2.24) is 15.6 Å². The summed E-state index contributed by atoms with van der Waals surface area (Å²) in [6, 6.07) is 2.98. The number of halogens is 2. The Labute approximate surface area is 141 Å². The van der Waals surface area contributed by atoms with Crippen LogP contribution in [-0.4, -0.2) is 30.4 Å². The largest absolute Gasteiger partial charge is 0.358 e. The van der Waals surface area contributed by atoms with Crippen LogP contribution in [0, 0.1) is 11.6 Å². The van der Waals surface area contributed by atoms with Gasteiger partial charge in [0.1, 0.15) is 11.6 Å². The Morgan fingerprint density at radius 2 is 2.08 bits per heavy atom. The van der Waals surface area contributed by atoms with Gasteiger partial charge in [0.05, 0.1) is 17.9 Å². The second-order valence-electron chi connectivity index (χ2n) is 4.85. The molecule has 0 saturated heterocycles. The van der Waals surface area contributed by atoms with Crippen molar-refractivity contribution in [1.29, 1.82) is 0 Å². The van der Waals surface area contributed by atoms with Gasteiger partial charge in [-0.15, -0.1) is 11.3 Å². The molecular weight excluding hydrogens is 338 g/mol. The van der Waals surface area contributed by atoms with Crippen LogP contribution < -0.4 is 15.5 Å². The Bertz CT molecular complexity index is 751. The van der Waals surface area contributed by atoms with Gasteiger partial charge >= 0.3 is 0 Å². The number of hydrogen-bond acceptors (Lipinski definition) is 5. The predicted octanol–water partition coefficient (Wildman–Crippen LogP) is 1.94. The number of hydrogen-bond donors (Lipinski definition) is 2. The molecule has 0 unspecified atom stereocenters. The topological polar surface area (TPSA) is 74.3 Å². The number of thiazole rings is 1. The molecule has 2 aromatic rings. The molecule has 1 aromatic heterocycles. The Hall–Kier alpha value is -2.39. The molecule has 0 spiro atoms.